The largest absolute Gasteiger partial charge is 0.463 e. The molecule has 51 heavy (non-hydrogen) atoms. The van der Waals surface area contributed by atoms with Crippen molar-refractivity contribution < 1.29 is 80.9 Å². The van der Waals surface area contributed by atoms with Crippen molar-refractivity contribution in [2.75, 3.05) is 13.2 Å². The molecule has 282 valence electrons. The van der Waals surface area contributed by atoms with Gasteiger partial charge in [0.05, 0.1) is 13.2 Å². The predicted molar refractivity (Wildman–Crippen MR) is 167 cm³/mol. The summed E-state index contributed by atoms with van der Waals surface area (Å²) in [5, 5.41) is 2.64. The molecular weight excluding hydrogens is 682 g/mol. The first-order valence-electron chi connectivity index (χ1n) is 15.9. The molecule has 2 fully saturated rings. The molecule has 1 aromatic carbocycles. The first-order valence-corrected chi connectivity index (χ1v) is 15.9. The Hall–Kier alpha value is -4.65. The molecule has 0 aliphatic carbocycles. The zero-order valence-corrected chi connectivity index (χ0v) is 29.2. The van der Waals surface area contributed by atoms with E-state index in [2.05, 4.69) is 5.32 Å². The molecule has 10 atom stereocenters. The molecule has 18 heteroatoms. The van der Waals surface area contributed by atoms with Crippen LogP contribution >= 0.6 is 0 Å². The Labute approximate surface area is 293 Å². The van der Waals surface area contributed by atoms with Crippen molar-refractivity contribution in [1.29, 1.82) is 0 Å². The van der Waals surface area contributed by atoms with E-state index in [0.717, 1.165) is 47.1 Å². The number of nitrogens with one attached hydrogen (secondary N) is 1. The Morgan fingerprint density at radius 2 is 1.02 bits per heavy atom. The van der Waals surface area contributed by atoms with E-state index >= 15 is 0 Å². The summed E-state index contributed by atoms with van der Waals surface area (Å²) >= 11 is 0. The summed E-state index contributed by atoms with van der Waals surface area (Å²) in [6, 6.07) is 7.77. The van der Waals surface area contributed by atoms with E-state index in [1.807, 2.05) is 6.07 Å². The van der Waals surface area contributed by atoms with Gasteiger partial charge in [0.25, 0.3) is 0 Å². The average molecular weight is 726 g/mol. The van der Waals surface area contributed by atoms with Crippen molar-refractivity contribution in [3.05, 3.63) is 35.9 Å². The average Bonchev–Trinajstić information content (AvgIpc) is 3.02. The molecule has 0 spiro atoms. The zero-order chi connectivity index (χ0) is 37.8. The standard InChI is InChI=1S/C33H43NO17/c1-16(35)34-26-29(47-20(5)39)27(45-18(3)37)25(50-32(26)43-13-23-11-9-8-10-12-23)15-44-33-31(49-22(7)41)30(48-21(6)40)28(46-19(4)38)24(51-33)14-42-17(2)36/h8-12,24-33H,13-15H2,1-7H3,(H,34,35)/t24-,25-,26-,27+,28+,29-,30+,31-,32+,33-/m1/s1. The van der Waals surface area contributed by atoms with Gasteiger partial charge in [-0.05, 0) is 5.56 Å². The summed E-state index contributed by atoms with van der Waals surface area (Å²) in [6.45, 7) is 6.71. The number of hydrogen-bond donors (Lipinski definition) is 1. The lowest BCUT2D eigenvalue weighted by Crippen LogP contribution is -2.67. The SMILES string of the molecule is CC(=O)N[C@H]1[C@@H](OCc2ccccc2)O[C@H](CO[C@@H]2O[C@H](COC(C)=O)[C@H](OC(C)=O)[C@H](OC(C)=O)[C@H]2OC(C)=O)[C@H](OC(C)=O)[C@@H]1OC(C)=O. The zero-order valence-electron chi connectivity index (χ0n) is 29.2. The molecule has 0 aromatic heterocycles. The Kier molecular flexibility index (Phi) is 15.3. The third-order valence-corrected chi connectivity index (χ3v) is 7.25. The van der Waals surface area contributed by atoms with Crippen molar-refractivity contribution in [1.82, 2.24) is 5.32 Å². The van der Waals surface area contributed by atoms with Gasteiger partial charge in [-0.15, -0.1) is 0 Å². The summed E-state index contributed by atoms with van der Waals surface area (Å²) in [5.41, 5.74) is 0.735. The first-order chi connectivity index (χ1) is 24.0. The fraction of sp³-hybridized carbons (Fsp3) is 0.606. The number of carbonyl (C=O) groups excluding carboxylic acids is 7. The highest BCUT2D eigenvalue weighted by atomic mass is 16.8. The van der Waals surface area contributed by atoms with E-state index in [-0.39, 0.29) is 6.61 Å². The van der Waals surface area contributed by atoms with Gasteiger partial charge in [0.15, 0.2) is 43.1 Å². The maximum Gasteiger partial charge on any atom is 0.303 e. The van der Waals surface area contributed by atoms with Crippen LogP contribution in [0.1, 0.15) is 54.0 Å². The molecule has 0 radical (unpaired) electrons. The van der Waals surface area contributed by atoms with Gasteiger partial charge in [0.1, 0.15) is 24.9 Å². The van der Waals surface area contributed by atoms with Crippen LogP contribution in [0.15, 0.2) is 30.3 Å². The van der Waals surface area contributed by atoms with Crippen LogP contribution in [0.4, 0.5) is 0 Å². The second-order valence-electron chi connectivity index (χ2n) is 11.6. The van der Waals surface area contributed by atoms with Crippen LogP contribution < -0.4 is 5.32 Å². The van der Waals surface area contributed by atoms with Crippen LogP contribution in [-0.2, 0) is 87.5 Å². The van der Waals surface area contributed by atoms with Crippen LogP contribution in [-0.4, -0.2) is 116 Å². The van der Waals surface area contributed by atoms with E-state index < -0.39 is 116 Å². The van der Waals surface area contributed by atoms with Gasteiger partial charge in [0.2, 0.25) is 5.91 Å². The molecule has 2 saturated heterocycles. The normalized spacial score (nSPS) is 28.7. The molecule has 3 rings (SSSR count). The second-order valence-corrected chi connectivity index (χ2v) is 11.6. The third-order valence-electron chi connectivity index (χ3n) is 7.25. The summed E-state index contributed by atoms with van der Waals surface area (Å²) in [6.07, 6.45) is -12.8. The molecule has 2 heterocycles. The highest BCUT2D eigenvalue weighted by Gasteiger charge is 2.55. The summed E-state index contributed by atoms with van der Waals surface area (Å²) in [4.78, 5) is 85.2. The first kappa shape index (κ1) is 40.8. The van der Waals surface area contributed by atoms with Crippen LogP contribution in [0.25, 0.3) is 0 Å². The van der Waals surface area contributed by atoms with Crippen LogP contribution in [0.5, 0.6) is 0 Å². The van der Waals surface area contributed by atoms with Crippen molar-refractivity contribution in [2.45, 2.75) is 116 Å². The molecule has 0 bridgehead atoms. The van der Waals surface area contributed by atoms with Gasteiger partial charge in [-0.3, -0.25) is 33.6 Å². The minimum absolute atomic E-state index is 0.0140. The molecular formula is C33H43NO17. The van der Waals surface area contributed by atoms with Crippen LogP contribution in [0.3, 0.4) is 0 Å². The predicted octanol–water partition coefficient (Wildman–Crippen LogP) is 0.396. The maximum atomic E-state index is 12.3. The highest BCUT2D eigenvalue weighted by molar-refractivity contribution is 5.74. The summed E-state index contributed by atoms with van der Waals surface area (Å²) in [7, 11) is 0. The number of hydrogen-bond acceptors (Lipinski definition) is 17. The van der Waals surface area contributed by atoms with Crippen molar-refractivity contribution in [3.8, 4) is 0 Å². The lowest BCUT2D eigenvalue weighted by atomic mass is 9.95. The van der Waals surface area contributed by atoms with Gasteiger partial charge in [-0.25, -0.2) is 0 Å². The summed E-state index contributed by atoms with van der Waals surface area (Å²) < 4.78 is 56.8. The monoisotopic (exact) mass is 725 g/mol. The van der Waals surface area contributed by atoms with E-state index in [1.54, 1.807) is 24.3 Å². The van der Waals surface area contributed by atoms with Crippen molar-refractivity contribution >= 4 is 41.7 Å². The minimum Gasteiger partial charge on any atom is -0.463 e. The Morgan fingerprint density at radius 1 is 0.549 bits per heavy atom. The number of rotatable bonds is 14. The van der Waals surface area contributed by atoms with Crippen molar-refractivity contribution in [2.24, 2.45) is 0 Å². The maximum absolute atomic E-state index is 12.3. The molecule has 1 amide bonds. The fourth-order valence-corrected chi connectivity index (χ4v) is 5.50. The number of esters is 6. The van der Waals surface area contributed by atoms with E-state index in [9.17, 15) is 33.6 Å². The fourth-order valence-electron chi connectivity index (χ4n) is 5.50. The van der Waals surface area contributed by atoms with Gasteiger partial charge in [0, 0.05) is 48.5 Å². The Balaban J connectivity index is 2.03. The molecule has 1 aromatic rings. The molecule has 0 unspecified atom stereocenters. The van der Waals surface area contributed by atoms with Gasteiger partial charge in [-0.2, -0.15) is 0 Å². The molecule has 2 aliphatic rings. The van der Waals surface area contributed by atoms with E-state index in [1.165, 1.54) is 6.92 Å². The number of amides is 1. The molecule has 0 saturated carbocycles. The lowest BCUT2D eigenvalue weighted by molar-refractivity contribution is -0.326. The van der Waals surface area contributed by atoms with Crippen LogP contribution in [0.2, 0.25) is 0 Å². The topological polar surface area (TPSA) is 224 Å². The van der Waals surface area contributed by atoms with Gasteiger partial charge in [-0.1, -0.05) is 30.3 Å². The molecule has 1 N–H and O–H groups in total. The van der Waals surface area contributed by atoms with Crippen LogP contribution in [0, 0.1) is 0 Å². The number of carbonyl (C=O) groups is 7. The second kappa shape index (κ2) is 19.1. The van der Waals surface area contributed by atoms with E-state index in [4.69, 9.17) is 47.4 Å². The quantitative estimate of drug-likeness (QED) is 0.202. The summed E-state index contributed by atoms with van der Waals surface area (Å²) in [5.74, 6) is -5.36. The smallest absolute Gasteiger partial charge is 0.303 e. The number of benzene rings is 1. The Bertz CT molecular complexity index is 1400. The molecule has 18 nitrogen and oxygen atoms in total. The minimum atomic E-state index is -1.61. The number of ether oxygens (including phenoxy) is 10. The van der Waals surface area contributed by atoms with E-state index in [0.29, 0.717) is 0 Å². The highest BCUT2D eigenvalue weighted by Crippen LogP contribution is 2.32. The lowest BCUT2D eigenvalue weighted by Gasteiger charge is -2.46. The van der Waals surface area contributed by atoms with Gasteiger partial charge < -0.3 is 52.7 Å². The van der Waals surface area contributed by atoms with Gasteiger partial charge >= 0.3 is 35.8 Å². The Morgan fingerprint density at radius 3 is 1.55 bits per heavy atom. The van der Waals surface area contributed by atoms with Crippen molar-refractivity contribution in [3.63, 3.8) is 0 Å². The third kappa shape index (κ3) is 12.6. The molecule has 2 aliphatic heterocycles.